The summed E-state index contributed by atoms with van der Waals surface area (Å²) in [5, 5.41) is 2.09. The van der Waals surface area contributed by atoms with Gasteiger partial charge >= 0.3 is 0 Å². The number of H-pyrrole nitrogens is 1. The van der Waals surface area contributed by atoms with Crippen LogP contribution in [-0.4, -0.2) is 70.0 Å². The van der Waals surface area contributed by atoms with Gasteiger partial charge in [0.2, 0.25) is 5.91 Å². The number of amides is 1. The number of carbonyl (C=O) groups is 1. The van der Waals surface area contributed by atoms with E-state index in [0.717, 1.165) is 32.5 Å². The van der Waals surface area contributed by atoms with Crippen molar-refractivity contribution in [3.63, 3.8) is 0 Å². The Bertz CT molecular complexity index is 967. The summed E-state index contributed by atoms with van der Waals surface area (Å²) in [6.07, 6.45) is 6.43. The highest BCUT2D eigenvalue weighted by atomic mass is 32.1. The van der Waals surface area contributed by atoms with Crippen LogP contribution in [0.2, 0.25) is 0 Å². The summed E-state index contributed by atoms with van der Waals surface area (Å²) in [7, 11) is 1.78. The minimum absolute atomic E-state index is 0.0982. The lowest BCUT2D eigenvalue weighted by molar-refractivity contribution is -0.124. The molecule has 1 aromatic heterocycles. The smallest absolute Gasteiger partial charge is 0.248 e. The number of likely N-dealkylation sites (N-methyl/N-ethyl adjacent to an activating group) is 1. The Morgan fingerprint density at radius 1 is 1.39 bits per heavy atom. The van der Waals surface area contributed by atoms with Gasteiger partial charge in [-0.1, -0.05) is 18.2 Å². The summed E-state index contributed by atoms with van der Waals surface area (Å²) < 4.78 is 0. The highest BCUT2D eigenvalue weighted by molar-refractivity contribution is 7.80. The number of benzene rings is 1. The summed E-state index contributed by atoms with van der Waals surface area (Å²) in [5.74, 6) is 1.09. The van der Waals surface area contributed by atoms with Crippen molar-refractivity contribution >= 4 is 34.1 Å². The molecule has 2 fully saturated rings. The molecule has 3 atom stereocenters. The monoisotopic (exact) mass is 394 g/mol. The Morgan fingerprint density at radius 2 is 2.25 bits per heavy atom. The zero-order chi connectivity index (χ0) is 19.4. The lowest BCUT2D eigenvalue weighted by Crippen LogP contribution is -2.52. The first-order valence-corrected chi connectivity index (χ1v) is 10.5. The molecule has 1 aromatic carbocycles. The van der Waals surface area contributed by atoms with E-state index in [4.69, 9.17) is 12.2 Å². The van der Waals surface area contributed by atoms with Crippen molar-refractivity contribution in [2.24, 2.45) is 5.92 Å². The molecule has 0 spiro atoms. The normalized spacial score (nSPS) is 27.5. The average Bonchev–Trinajstić information content (AvgIpc) is 3.21. The molecule has 0 saturated carbocycles. The Labute approximate surface area is 171 Å². The maximum atomic E-state index is 12.0. The molecule has 2 aromatic rings. The first-order chi connectivity index (χ1) is 13.6. The molecule has 1 amide bonds. The molecule has 1 aliphatic carbocycles. The first-order valence-electron chi connectivity index (χ1n) is 10.1. The van der Waals surface area contributed by atoms with Gasteiger partial charge in [0.1, 0.15) is 0 Å². The number of nitrogens with one attached hydrogen (secondary N) is 1. The van der Waals surface area contributed by atoms with Crippen molar-refractivity contribution in [2.75, 3.05) is 33.2 Å². The summed E-state index contributed by atoms with van der Waals surface area (Å²) in [6.45, 7) is 7.19. The second-order valence-electron chi connectivity index (χ2n) is 8.42. The standard InChI is InChI=1S/C22H26N4OS/c1-3-7-25-11-14(12-26-13-20(27)24(2)22(26)28)8-17-16-5-4-6-18-21(16)15(10-23-18)9-19(17)25/h3-6,10,14,17,19,23H,1,7-9,11-13H2,2H3/t14?,17-,19-/m1/s1. The quantitative estimate of drug-likeness (QED) is 0.640. The zero-order valence-corrected chi connectivity index (χ0v) is 17.0. The second kappa shape index (κ2) is 6.71. The van der Waals surface area contributed by atoms with Gasteiger partial charge in [0, 0.05) is 55.7 Å². The number of thiocarbonyl (C=S) groups is 1. The van der Waals surface area contributed by atoms with Gasteiger partial charge < -0.3 is 9.88 Å². The van der Waals surface area contributed by atoms with Crippen molar-refractivity contribution in [1.82, 2.24) is 19.7 Å². The minimum atomic E-state index is 0.0982. The van der Waals surface area contributed by atoms with Gasteiger partial charge in [-0.25, -0.2) is 0 Å². The third-order valence-electron chi connectivity index (χ3n) is 6.76. The minimum Gasteiger partial charge on any atom is -0.361 e. The molecule has 5 rings (SSSR count). The fraction of sp³-hybridized carbons (Fsp3) is 0.455. The van der Waals surface area contributed by atoms with E-state index in [1.807, 2.05) is 6.08 Å². The lowest BCUT2D eigenvalue weighted by Gasteiger charge is -2.47. The number of aromatic amines is 1. The van der Waals surface area contributed by atoms with Crippen LogP contribution >= 0.6 is 12.2 Å². The number of likely N-dealkylation sites (tertiary alicyclic amines) is 1. The predicted octanol–water partition coefficient (Wildman–Crippen LogP) is 2.74. The van der Waals surface area contributed by atoms with E-state index in [-0.39, 0.29) is 5.91 Å². The third kappa shape index (κ3) is 2.70. The van der Waals surface area contributed by atoms with Gasteiger partial charge in [0.05, 0.1) is 6.54 Å². The molecule has 2 aliphatic heterocycles. The van der Waals surface area contributed by atoms with Gasteiger partial charge in [-0.05, 0) is 48.2 Å². The van der Waals surface area contributed by atoms with E-state index in [1.54, 1.807) is 11.9 Å². The summed E-state index contributed by atoms with van der Waals surface area (Å²) in [6, 6.07) is 7.17. The molecular weight excluding hydrogens is 368 g/mol. The van der Waals surface area contributed by atoms with Gasteiger partial charge in [0.15, 0.2) is 5.11 Å². The van der Waals surface area contributed by atoms with Gasteiger partial charge in [-0.2, -0.15) is 0 Å². The number of nitrogens with zero attached hydrogens (tertiary/aromatic N) is 3. The molecule has 1 unspecified atom stereocenters. The van der Waals surface area contributed by atoms with Crippen molar-refractivity contribution in [1.29, 1.82) is 0 Å². The molecule has 146 valence electrons. The average molecular weight is 395 g/mol. The Hall–Kier alpha value is -2.18. The fourth-order valence-corrected chi connectivity index (χ4v) is 5.76. The maximum absolute atomic E-state index is 12.0. The SMILES string of the molecule is C=CCN1CC(CN2CC(=O)N(C)C2=S)C[C@@H]2c3cccc4[nH]cc(c34)C[C@H]21. The van der Waals surface area contributed by atoms with Crippen LogP contribution < -0.4 is 0 Å². The molecule has 0 radical (unpaired) electrons. The molecule has 6 heteroatoms. The number of hydrogen-bond donors (Lipinski definition) is 1. The van der Waals surface area contributed by atoms with E-state index in [0.29, 0.717) is 29.5 Å². The van der Waals surface area contributed by atoms with Crippen LogP contribution in [0.3, 0.4) is 0 Å². The Balaban J connectivity index is 1.46. The number of piperidine rings is 1. The van der Waals surface area contributed by atoms with Crippen molar-refractivity contribution in [2.45, 2.75) is 24.8 Å². The fourth-order valence-electron chi connectivity index (χ4n) is 5.52. The molecule has 3 aliphatic rings. The van der Waals surface area contributed by atoms with E-state index in [9.17, 15) is 4.79 Å². The summed E-state index contributed by atoms with van der Waals surface area (Å²) in [5.41, 5.74) is 4.16. The zero-order valence-electron chi connectivity index (χ0n) is 16.2. The van der Waals surface area contributed by atoms with Crippen LogP contribution in [0, 0.1) is 5.92 Å². The van der Waals surface area contributed by atoms with E-state index in [2.05, 4.69) is 45.8 Å². The largest absolute Gasteiger partial charge is 0.361 e. The Morgan fingerprint density at radius 3 is 3.00 bits per heavy atom. The van der Waals surface area contributed by atoms with Crippen LogP contribution in [0.1, 0.15) is 23.5 Å². The van der Waals surface area contributed by atoms with E-state index >= 15 is 0 Å². The van der Waals surface area contributed by atoms with E-state index in [1.165, 1.54) is 22.0 Å². The molecule has 5 nitrogen and oxygen atoms in total. The van der Waals surface area contributed by atoms with Crippen molar-refractivity contribution in [3.8, 4) is 0 Å². The number of fused-ring (bicyclic) bond motifs is 2. The van der Waals surface area contributed by atoms with Crippen LogP contribution in [0.4, 0.5) is 0 Å². The number of carbonyl (C=O) groups excluding carboxylic acids is 1. The Kier molecular flexibility index (Phi) is 4.29. The topological polar surface area (TPSA) is 42.6 Å². The number of aromatic nitrogens is 1. The van der Waals surface area contributed by atoms with Crippen LogP contribution in [0.25, 0.3) is 10.9 Å². The molecule has 3 heterocycles. The lowest BCUT2D eigenvalue weighted by atomic mass is 9.72. The van der Waals surface area contributed by atoms with Gasteiger partial charge in [0.25, 0.3) is 0 Å². The number of hydrogen-bond acceptors (Lipinski definition) is 3. The molecule has 1 N–H and O–H groups in total. The molecular formula is C22H26N4OS. The first kappa shape index (κ1) is 17.9. The molecule has 28 heavy (non-hydrogen) atoms. The van der Waals surface area contributed by atoms with Crippen LogP contribution in [0.5, 0.6) is 0 Å². The van der Waals surface area contributed by atoms with Crippen molar-refractivity contribution in [3.05, 3.63) is 48.2 Å². The third-order valence-corrected chi connectivity index (χ3v) is 7.29. The molecule has 0 bridgehead atoms. The predicted molar refractivity (Wildman–Crippen MR) is 115 cm³/mol. The summed E-state index contributed by atoms with van der Waals surface area (Å²) >= 11 is 5.49. The number of rotatable bonds is 4. The highest BCUT2D eigenvalue weighted by Crippen LogP contribution is 2.44. The second-order valence-corrected chi connectivity index (χ2v) is 8.79. The maximum Gasteiger partial charge on any atom is 0.248 e. The van der Waals surface area contributed by atoms with Gasteiger partial charge in [-0.15, -0.1) is 6.58 Å². The highest BCUT2D eigenvalue weighted by Gasteiger charge is 2.42. The van der Waals surface area contributed by atoms with Gasteiger partial charge in [-0.3, -0.25) is 14.6 Å². The van der Waals surface area contributed by atoms with E-state index < -0.39 is 0 Å². The van der Waals surface area contributed by atoms with Crippen molar-refractivity contribution < 1.29 is 4.79 Å². The van der Waals surface area contributed by atoms with Crippen LogP contribution in [-0.2, 0) is 11.2 Å². The van der Waals surface area contributed by atoms with Crippen LogP contribution in [0.15, 0.2) is 37.1 Å². The molecule has 2 saturated heterocycles. The summed E-state index contributed by atoms with van der Waals surface area (Å²) in [4.78, 5) is 21.8.